The summed E-state index contributed by atoms with van der Waals surface area (Å²) in [5, 5.41) is 0.544. The molecule has 0 saturated carbocycles. The fourth-order valence-corrected chi connectivity index (χ4v) is 1.93. The van der Waals surface area contributed by atoms with Gasteiger partial charge in [-0.3, -0.25) is 4.79 Å². The second-order valence-corrected chi connectivity index (χ2v) is 4.25. The van der Waals surface area contributed by atoms with Gasteiger partial charge in [-0.05, 0) is 23.8 Å². The van der Waals surface area contributed by atoms with E-state index >= 15 is 0 Å². The lowest BCUT2D eigenvalue weighted by Gasteiger charge is -2.09. The van der Waals surface area contributed by atoms with Crippen LogP contribution < -0.4 is 4.74 Å². The molecule has 94 valence electrons. The van der Waals surface area contributed by atoms with E-state index in [2.05, 4.69) is 20.7 Å². The van der Waals surface area contributed by atoms with Crippen molar-refractivity contribution < 1.29 is 18.3 Å². The molecule has 0 aliphatic carbocycles. The molecule has 0 N–H and O–H groups in total. The Balaban J connectivity index is 2.96. The van der Waals surface area contributed by atoms with Crippen LogP contribution >= 0.6 is 27.5 Å². The van der Waals surface area contributed by atoms with Gasteiger partial charge in [-0.1, -0.05) is 15.9 Å². The maximum absolute atomic E-state index is 12.0. The van der Waals surface area contributed by atoms with Gasteiger partial charge in [0.05, 0.1) is 0 Å². The van der Waals surface area contributed by atoms with Gasteiger partial charge < -0.3 is 4.74 Å². The minimum Gasteiger partial charge on any atom is -0.435 e. The topological polar surface area (TPSA) is 26.3 Å². The van der Waals surface area contributed by atoms with Gasteiger partial charge in [0.25, 0.3) is 0 Å². The van der Waals surface area contributed by atoms with Crippen molar-refractivity contribution in [1.82, 2.24) is 0 Å². The first-order valence-electron chi connectivity index (χ1n) is 4.81. The number of carbonyl (C=O) groups is 1. The highest BCUT2D eigenvalue weighted by atomic mass is 79.9. The highest BCUT2D eigenvalue weighted by Gasteiger charge is 2.13. The van der Waals surface area contributed by atoms with E-state index < -0.39 is 6.61 Å². The van der Waals surface area contributed by atoms with Crippen molar-refractivity contribution in [2.24, 2.45) is 0 Å². The number of ether oxygens (including phenoxy) is 1. The summed E-state index contributed by atoms with van der Waals surface area (Å²) in [5.74, 6) is -0.00349. The normalized spacial score (nSPS) is 10.6. The van der Waals surface area contributed by atoms with Crippen molar-refractivity contribution in [3.05, 3.63) is 29.3 Å². The molecular weight excluding hydrogens is 317 g/mol. The zero-order chi connectivity index (χ0) is 12.8. The first kappa shape index (κ1) is 14.4. The summed E-state index contributed by atoms with van der Waals surface area (Å²) >= 11 is 8.84. The molecule has 0 radical (unpaired) electrons. The zero-order valence-corrected chi connectivity index (χ0v) is 11.1. The summed E-state index contributed by atoms with van der Waals surface area (Å²) in [4.78, 5) is 11.7. The Labute approximate surface area is 111 Å². The Bertz CT molecular complexity index is 399. The predicted octanol–water partition coefficient (Wildman–Crippen LogP) is 3.99. The molecule has 1 aromatic carbocycles. The summed E-state index contributed by atoms with van der Waals surface area (Å²) in [6.45, 7) is -2.89. The quantitative estimate of drug-likeness (QED) is 0.583. The van der Waals surface area contributed by atoms with Crippen LogP contribution in [-0.2, 0) is 5.88 Å². The van der Waals surface area contributed by atoms with E-state index in [0.29, 0.717) is 22.9 Å². The summed E-state index contributed by atoms with van der Waals surface area (Å²) < 4.78 is 28.3. The van der Waals surface area contributed by atoms with E-state index in [0.717, 1.165) is 0 Å². The van der Waals surface area contributed by atoms with Gasteiger partial charge in [-0.2, -0.15) is 8.78 Å². The van der Waals surface area contributed by atoms with Gasteiger partial charge in [0.1, 0.15) is 5.75 Å². The van der Waals surface area contributed by atoms with E-state index in [1.165, 1.54) is 18.2 Å². The first-order valence-corrected chi connectivity index (χ1v) is 6.47. The molecule has 17 heavy (non-hydrogen) atoms. The fourth-order valence-electron chi connectivity index (χ4n) is 1.35. The molecule has 0 heterocycles. The number of halogens is 4. The lowest BCUT2D eigenvalue weighted by Crippen LogP contribution is -2.06. The monoisotopic (exact) mass is 326 g/mol. The highest BCUT2D eigenvalue weighted by molar-refractivity contribution is 9.09. The number of hydrogen-bond acceptors (Lipinski definition) is 2. The zero-order valence-electron chi connectivity index (χ0n) is 8.76. The SMILES string of the molecule is O=C(CCBr)c1ccc(OC(F)F)cc1CCl. The average molecular weight is 328 g/mol. The van der Waals surface area contributed by atoms with Gasteiger partial charge in [0, 0.05) is 23.2 Å². The second kappa shape index (κ2) is 6.91. The lowest BCUT2D eigenvalue weighted by atomic mass is 10.0. The number of Topliss-reactive ketones (excluding diaryl/α,β-unsaturated/α-hetero) is 1. The maximum Gasteiger partial charge on any atom is 0.387 e. The van der Waals surface area contributed by atoms with Crippen molar-refractivity contribution in [3.63, 3.8) is 0 Å². The van der Waals surface area contributed by atoms with Gasteiger partial charge >= 0.3 is 6.61 Å². The van der Waals surface area contributed by atoms with E-state index in [1.54, 1.807) is 0 Å². The summed E-state index contributed by atoms with van der Waals surface area (Å²) in [6, 6.07) is 4.16. The molecular formula is C11H10BrClF2O2. The number of rotatable bonds is 6. The van der Waals surface area contributed by atoms with Crippen LogP contribution in [0.2, 0.25) is 0 Å². The number of alkyl halides is 4. The van der Waals surface area contributed by atoms with E-state index in [4.69, 9.17) is 11.6 Å². The molecule has 0 fully saturated rings. The van der Waals surface area contributed by atoms with Crippen LogP contribution in [0.5, 0.6) is 5.75 Å². The Kier molecular flexibility index (Phi) is 5.85. The molecule has 1 aromatic rings. The standard InChI is InChI=1S/C11H10BrClF2O2/c12-4-3-10(16)9-2-1-8(17-11(14)15)5-7(9)6-13/h1-2,5,11H,3-4,6H2. The minimum atomic E-state index is -2.89. The third-order valence-electron chi connectivity index (χ3n) is 2.07. The second-order valence-electron chi connectivity index (χ2n) is 3.19. The largest absolute Gasteiger partial charge is 0.435 e. The molecule has 6 heteroatoms. The highest BCUT2D eigenvalue weighted by Crippen LogP contribution is 2.22. The Morgan fingerprint density at radius 2 is 2.18 bits per heavy atom. The molecule has 0 saturated heterocycles. The number of benzene rings is 1. The molecule has 0 amide bonds. The van der Waals surface area contributed by atoms with Crippen molar-refractivity contribution in [2.75, 3.05) is 5.33 Å². The molecule has 2 nitrogen and oxygen atoms in total. The third-order valence-corrected chi connectivity index (χ3v) is 2.75. The minimum absolute atomic E-state index is 0.00559. The van der Waals surface area contributed by atoms with E-state index in [1.807, 2.05) is 0 Å². The molecule has 0 aliphatic heterocycles. The number of hydrogen-bond donors (Lipinski definition) is 0. The molecule has 0 aliphatic rings. The lowest BCUT2D eigenvalue weighted by molar-refractivity contribution is -0.0498. The Hall–Kier alpha value is -0.680. The van der Waals surface area contributed by atoms with Gasteiger partial charge in [0.2, 0.25) is 0 Å². The molecule has 0 atom stereocenters. The van der Waals surface area contributed by atoms with Crippen LogP contribution in [0.25, 0.3) is 0 Å². The summed E-state index contributed by atoms with van der Waals surface area (Å²) in [5.41, 5.74) is 0.942. The number of ketones is 1. The maximum atomic E-state index is 12.0. The third kappa shape index (κ3) is 4.24. The first-order chi connectivity index (χ1) is 8.08. The molecule has 0 unspecified atom stereocenters. The Morgan fingerprint density at radius 1 is 1.47 bits per heavy atom. The number of carbonyl (C=O) groups excluding carboxylic acids is 1. The molecule has 0 aromatic heterocycles. The van der Waals surface area contributed by atoms with Crippen molar-refractivity contribution in [3.8, 4) is 5.75 Å². The Morgan fingerprint density at radius 3 is 2.71 bits per heavy atom. The fraction of sp³-hybridized carbons (Fsp3) is 0.364. The predicted molar refractivity (Wildman–Crippen MR) is 65.4 cm³/mol. The van der Waals surface area contributed by atoms with Crippen LogP contribution in [0, 0.1) is 0 Å². The van der Waals surface area contributed by atoms with Crippen molar-refractivity contribution in [2.45, 2.75) is 18.9 Å². The van der Waals surface area contributed by atoms with Crippen LogP contribution in [0.1, 0.15) is 22.3 Å². The van der Waals surface area contributed by atoms with Gasteiger partial charge in [-0.15, -0.1) is 11.6 Å². The smallest absolute Gasteiger partial charge is 0.387 e. The summed E-state index contributed by atoms with van der Waals surface area (Å²) in [6.07, 6.45) is 0.332. The van der Waals surface area contributed by atoms with Gasteiger partial charge in [-0.25, -0.2) is 0 Å². The van der Waals surface area contributed by atoms with Crippen LogP contribution in [0.4, 0.5) is 8.78 Å². The van der Waals surface area contributed by atoms with Gasteiger partial charge in [0.15, 0.2) is 5.78 Å². The average Bonchev–Trinajstić information content (AvgIpc) is 2.28. The van der Waals surface area contributed by atoms with E-state index in [-0.39, 0.29) is 17.4 Å². The van der Waals surface area contributed by atoms with Crippen molar-refractivity contribution >= 4 is 33.3 Å². The van der Waals surface area contributed by atoms with E-state index in [9.17, 15) is 13.6 Å². The van der Waals surface area contributed by atoms with Crippen LogP contribution in [0.3, 0.4) is 0 Å². The molecule has 0 bridgehead atoms. The molecule has 1 rings (SSSR count). The van der Waals surface area contributed by atoms with Crippen LogP contribution in [-0.4, -0.2) is 17.7 Å². The summed E-state index contributed by atoms with van der Waals surface area (Å²) in [7, 11) is 0. The molecule has 0 spiro atoms. The van der Waals surface area contributed by atoms with Crippen molar-refractivity contribution in [1.29, 1.82) is 0 Å². The van der Waals surface area contributed by atoms with Crippen LogP contribution in [0.15, 0.2) is 18.2 Å².